The third-order valence-corrected chi connectivity index (χ3v) is 6.53. The predicted octanol–water partition coefficient (Wildman–Crippen LogP) is 2.41. The average molecular weight is 267 g/mol. The van der Waals surface area contributed by atoms with Gasteiger partial charge in [0.15, 0.2) is 0 Å². The van der Waals surface area contributed by atoms with E-state index in [2.05, 4.69) is 23.3 Å². The van der Waals surface area contributed by atoms with Crippen LogP contribution in [0, 0.1) is 0 Å². The number of benzene rings is 1. The van der Waals surface area contributed by atoms with Gasteiger partial charge in [-0.25, -0.2) is 0 Å². The minimum absolute atomic E-state index is 0.217. The van der Waals surface area contributed by atoms with Crippen LogP contribution in [-0.2, 0) is 4.74 Å². The van der Waals surface area contributed by atoms with Gasteiger partial charge in [-0.15, -0.1) is 0 Å². The first-order valence-electron chi connectivity index (χ1n) is 5.23. The Morgan fingerprint density at radius 2 is 2.00 bits per heavy atom. The summed E-state index contributed by atoms with van der Waals surface area (Å²) in [5.41, 5.74) is 0.676. The molecule has 0 fully saturated rings. The molecule has 0 saturated carbocycles. The molecular formula is C12H18GeO2. The maximum absolute atomic E-state index is 11.5. The van der Waals surface area contributed by atoms with Crippen LogP contribution < -0.4 is 4.40 Å². The average Bonchev–Trinajstić information content (AvgIpc) is 2.17. The molecule has 0 saturated heterocycles. The van der Waals surface area contributed by atoms with Gasteiger partial charge in [0.2, 0.25) is 0 Å². The molecule has 0 unspecified atom stereocenters. The summed E-state index contributed by atoms with van der Waals surface area (Å²) < 4.78 is 6.31. The Morgan fingerprint density at radius 1 is 1.33 bits per heavy atom. The van der Waals surface area contributed by atoms with Crippen molar-refractivity contribution in [2.24, 2.45) is 0 Å². The molecule has 0 aliphatic carbocycles. The van der Waals surface area contributed by atoms with Crippen molar-refractivity contribution in [3.63, 3.8) is 0 Å². The number of hydrogen-bond donors (Lipinski definition) is 0. The van der Waals surface area contributed by atoms with Crippen molar-refractivity contribution in [1.29, 1.82) is 0 Å². The summed E-state index contributed by atoms with van der Waals surface area (Å²) in [4.78, 5) is 11.5. The molecule has 0 N–H and O–H groups in total. The Kier molecular flexibility index (Phi) is 3.97. The summed E-state index contributed by atoms with van der Waals surface area (Å²) in [7, 11) is 0. The molecule has 0 aliphatic rings. The maximum atomic E-state index is 11.5. The van der Waals surface area contributed by atoms with E-state index in [1.165, 1.54) is 4.40 Å². The van der Waals surface area contributed by atoms with Crippen LogP contribution in [0.2, 0.25) is 17.3 Å². The molecule has 0 bridgehead atoms. The predicted molar refractivity (Wildman–Crippen MR) is 65.4 cm³/mol. The van der Waals surface area contributed by atoms with Crippen LogP contribution in [0.25, 0.3) is 0 Å². The number of ether oxygens (including phenoxy) is 1. The molecule has 0 aromatic heterocycles. The first kappa shape index (κ1) is 12.3. The SMILES string of the molecule is CCOC(=O)c1ccc[c]([Ge]([CH3])([CH3])[CH3])c1. The van der Waals surface area contributed by atoms with E-state index in [0.717, 1.165) is 0 Å². The second-order valence-corrected chi connectivity index (χ2v) is 15.2. The van der Waals surface area contributed by atoms with Crippen molar-refractivity contribution in [2.75, 3.05) is 6.61 Å². The molecule has 2 nitrogen and oxygen atoms in total. The van der Waals surface area contributed by atoms with Crippen LogP contribution in [0.4, 0.5) is 0 Å². The van der Waals surface area contributed by atoms with Crippen molar-refractivity contribution in [3.8, 4) is 0 Å². The molecule has 1 aromatic carbocycles. The molecule has 3 heteroatoms. The van der Waals surface area contributed by atoms with Crippen LogP contribution in [0.1, 0.15) is 17.3 Å². The van der Waals surface area contributed by atoms with Crippen molar-refractivity contribution in [1.82, 2.24) is 0 Å². The van der Waals surface area contributed by atoms with Crippen molar-refractivity contribution >= 4 is 23.6 Å². The van der Waals surface area contributed by atoms with E-state index >= 15 is 0 Å². The molecule has 0 atom stereocenters. The molecule has 0 heterocycles. The van der Waals surface area contributed by atoms with Gasteiger partial charge in [0.1, 0.15) is 0 Å². The monoisotopic (exact) mass is 268 g/mol. The first-order valence-corrected chi connectivity index (χ1v) is 12.6. The van der Waals surface area contributed by atoms with Gasteiger partial charge in [-0.05, 0) is 0 Å². The summed E-state index contributed by atoms with van der Waals surface area (Å²) in [6, 6.07) is 7.86. The molecule has 0 spiro atoms. The Bertz CT molecular complexity index is 353. The first-order chi connectivity index (χ1) is 6.95. The van der Waals surface area contributed by atoms with E-state index in [0.29, 0.717) is 12.2 Å². The Labute approximate surface area is 94.0 Å². The van der Waals surface area contributed by atoms with Crippen molar-refractivity contribution in [2.45, 2.75) is 24.2 Å². The number of esters is 1. The molecule has 82 valence electrons. The zero-order chi connectivity index (χ0) is 11.5. The van der Waals surface area contributed by atoms with E-state index in [1.54, 1.807) is 0 Å². The summed E-state index contributed by atoms with van der Waals surface area (Å²) in [5.74, 6) is 6.71. The number of rotatable bonds is 3. The van der Waals surface area contributed by atoms with Crippen LogP contribution >= 0.6 is 0 Å². The van der Waals surface area contributed by atoms with Crippen LogP contribution in [-0.4, -0.2) is 25.8 Å². The zero-order valence-corrected chi connectivity index (χ0v) is 11.9. The summed E-state index contributed by atoms with van der Waals surface area (Å²) in [6.07, 6.45) is 0. The van der Waals surface area contributed by atoms with E-state index in [9.17, 15) is 4.79 Å². The molecule has 1 rings (SSSR count). The Hall–Kier alpha value is -0.767. The van der Waals surface area contributed by atoms with Crippen LogP contribution in [0.15, 0.2) is 24.3 Å². The summed E-state index contributed by atoms with van der Waals surface area (Å²) >= 11 is -1.83. The fourth-order valence-corrected chi connectivity index (χ4v) is 3.81. The molecular weight excluding hydrogens is 249 g/mol. The van der Waals surface area contributed by atoms with Crippen molar-refractivity contribution < 1.29 is 9.53 Å². The third kappa shape index (κ3) is 3.38. The second-order valence-electron chi connectivity index (χ2n) is 4.55. The van der Waals surface area contributed by atoms with Gasteiger partial charge >= 0.3 is 93.8 Å². The fraction of sp³-hybridized carbons (Fsp3) is 0.417. The van der Waals surface area contributed by atoms with Gasteiger partial charge in [-0.1, -0.05) is 0 Å². The topological polar surface area (TPSA) is 26.3 Å². The second kappa shape index (κ2) is 4.84. The van der Waals surface area contributed by atoms with E-state index in [1.807, 2.05) is 25.1 Å². The molecule has 15 heavy (non-hydrogen) atoms. The number of hydrogen-bond acceptors (Lipinski definition) is 2. The van der Waals surface area contributed by atoms with E-state index in [-0.39, 0.29) is 5.97 Å². The van der Waals surface area contributed by atoms with Crippen LogP contribution in [0.3, 0.4) is 0 Å². The van der Waals surface area contributed by atoms with Gasteiger partial charge in [-0.3, -0.25) is 0 Å². The van der Waals surface area contributed by atoms with Crippen LogP contribution in [0.5, 0.6) is 0 Å². The molecule has 0 amide bonds. The normalized spacial score (nSPS) is 11.2. The van der Waals surface area contributed by atoms with Gasteiger partial charge in [0.05, 0.1) is 0 Å². The summed E-state index contributed by atoms with van der Waals surface area (Å²) in [5, 5.41) is 0. The molecule has 0 radical (unpaired) electrons. The van der Waals surface area contributed by atoms with Gasteiger partial charge < -0.3 is 0 Å². The minimum atomic E-state index is -1.83. The standard InChI is InChI=1S/C12H18GeO2/c1-5-15-12(14)10-7-6-8-11(9-10)13(2,3)4/h6-9H,5H2,1-4H3. The van der Waals surface area contributed by atoms with Gasteiger partial charge in [0, 0.05) is 0 Å². The molecule has 1 aromatic rings. The number of carbonyl (C=O) groups excluding carboxylic acids is 1. The van der Waals surface area contributed by atoms with Gasteiger partial charge in [0.25, 0.3) is 0 Å². The van der Waals surface area contributed by atoms with E-state index in [4.69, 9.17) is 4.74 Å². The zero-order valence-electron chi connectivity index (χ0n) is 9.83. The fourth-order valence-electron chi connectivity index (χ4n) is 1.33. The van der Waals surface area contributed by atoms with E-state index < -0.39 is 13.3 Å². The quantitative estimate of drug-likeness (QED) is 0.620. The van der Waals surface area contributed by atoms with Crippen molar-refractivity contribution in [3.05, 3.63) is 29.8 Å². The molecule has 0 aliphatic heterocycles. The van der Waals surface area contributed by atoms with Gasteiger partial charge in [-0.2, -0.15) is 0 Å². The Balaban J connectivity index is 2.98. The summed E-state index contributed by atoms with van der Waals surface area (Å²) in [6.45, 7) is 2.25. The number of carbonyl (C=O) groups is 1. The Morgan fingerprint density at radius 3 is 2.53 bits per heavy atom. The third-order valence-electron chi connectivity index (χ3n) is 2.24.